The number of ether oxygens (including phenoxy) is 6. The number of morpholine rings is 3. The number of amides is 3. The third kappa shape index (κ3) is 16.9. The summed E-state index contributed by atoms with van der Waals surface area (Å²) in [5.41, 5.74) is 6.35. The van der Waals surface area contributed by atoms with Gasteiger partial charge in [0.1, 0.15) is 87.9 Å². The number of fused-ring (bicyclic) bond motifs is 3. The molecular formula is C69H72F6N12O9. The van der Waals surface area contributed by atoms with Gasteiger partial charge in [-0.3, -0.25) is 29.3 Å². The van der Waals surface area contributed by atoms with E-state index in [1.165, 1.54) is 14.7 Å². The first kappa shape index (κ1) is 68.9. The van der Waals surface area contributed by atoms with Crippen molar-refractivity contribution >= 4 is 68.3 Å². The van der Waals surface area contributed by atoms with E-state index in [0.29, 0.717) is 163 Å². The molecule has 3 aliphatic rings. The monoisotopic (exact) mass is 1330 g/mol. The number of rotatable bonds is 15. The van der Waals surface area contributed by atoms with Gasteiger partial charge >= 0.3 is 0 Å². The Balaban J connectivity index is 0.000000157. The highest BCUT2D eigenvalue weighted by Crippen LogP contribution is 2.35. The summed E-state index contributed by atoms with van der Waals surface area (Å²) >= 11 is 0. The van der Waals surface area contributed by atoms with Crippen LogP contribution < -0.4 is 28.9 Å². The molecule has 9 aromatic rings. The molecule has 3 aromatic heterocycles. The van der Waals surface area contributed by atoms with E-state index in [-0.39, 0.29) is 35.0 Å². The molecule has 27 heteroatoms. The van der Waals surface area contributed by atoms with E-state index in [0.717, 1.165) is 54.6 Å². The highest BCUT2D eigenvalue weighted by Gasteiger charge is 2.26. The number of carbonyl (C=O) groups is 3. The molecule has 3 aliphatic heterocycles. The molecule has 3 amide bonds. The molecule has 96 heavy (non-hydrogen) atoms. The maximum Gasteiger partial charge on any atom is 0.253 e. The minimum Gasteiger partial charge on any atom is -0.486 e. The molecule has 6 heterocycles. The van der Waals surface area contributed by atoms with Gasteiger partial charge in [0.05, 0.1) is 91.3 Å². The normalized spacial score (nSPS) is 15.0. The zero-order valence-corrected chi connectivity index (χ0v) is 54.4. The van der Waals surface area contributed by atoms with E-state index in [4.69, 9.17) is 43.4 Å². The van der Waals surface area contributed by atoms with Crippen LogP contribution in [-0.2, 0) is 14.2 Å². The van der Waals surface area contributed by atoms with Crippen LogP contribution >= 0.6 is 0 Å². The van der Waals surface area contributed by atoms with E-state index in [1.807, 2.05) is 0 Å². The molecule has 3 atom stereocenters. The lowest BCUT2D eigenvalue weighted by atomic mass is 10.0. The SMILES string of the molecule is CC(Oc1cc(F)cc(F)c1)c1cc(C(=O)N(C)C)cc2ncc(N3CCOCC3)nc12.CC(Oc1cc(F)cc(F)c1)c1cc(C(=O)N(C)C)cc2ncc(N3CCOCC3)nc12.CC(Oc1cc(F)cc(F)c1)c1cc(C(=O)N(C)C)cc2ncc(N3CCOCC3)nc12. The molecule has 3 unspecified atom stereocenters. The van der Waals surface area contributed by atoms with Crippen LogP contribution in [0.4, 0.5) is 43.8 Å². The van der Waals surface area contributed by atoms with Crippen LogP contribution in [0.5, 0.6) is 17.2 Å². The molecular weight excluding hydrogens is 1250 g/mol. The van der Waals surface area contributed by atoms with Crippen LogP contribution in [-0.4, -0.2) is 184 Å². The number of benzene rings is 6. The largest absolute Gasteiger partial charge is 0.486 e. The van der Waals surface area contributed by atoms with Crippen molar-refractivity contribution in [1.82, 2.24) is 44.6 Å². The molecule has 0 aliphatic carbocycles. The maximum absolute atomic E-state index is 13.6. The summed E-state index contributed by atoms with van der Waals surface area (Å²) in [4.78, 5) is 76.6. The third-order valence-electron chi connectivity index (χ3n) is 15.7. The molecule has 0 radical (unpaired) electrons. The molecule has 21 nitrogen and oxygen atoms in total. The summed E-state index contributed by atoms with van der Waals surface area (Å²) in [7, 11) is 9.97. The topological polar surface area (TPSA) is 203 Å². The van der Waals surface area contributed by atoms with Gasteiger partial charge in [0.25, 0.3) is 17.7 Å². The minimum absolute atomic E-state index is 0.0461. The molecule has 3 saturated heterocycles. The van der Waals surface area contributed by atoms with E-state index >= 15 is 0 Å². The van der Waals surface area contributed by atoms with E-state index in [9.17, 15) is 40.7 Å². The second-order valence-electron chi connectivity index (χ2n) is 23.5. The van der Waals surface area contributed by atoms with Crippen molar-refractivity contribution in [2.75, 3.05) is 136 Å². The highest BCUT2D eigenvalue weighted by atomic mass is 19.2. The summed E-state index contributed by atoms with van der Waals surface area (Å²) in [5, 5.41) is 0. The predicted molar refractivity (Wildman–Crippen MR) is 348 cm³/mol. The van der Waals surface area contributed by atoms with Crippen molar-refractivity contribution in [2.24, 2.45) is 0 Å². The standard InChI is InChI=1S/3C23H24F2N4O3/c3*1-14(32-18-11-16(24)10-17(25)12-18)19-8-15(23(30)28(2)3)9-20-22(19)27-21(13-26-20)29-4-6-31-7-5-29/h3*8-14H,4-7H2,1-3H3. The minimum atomic E-state index is -0.733. The molecule has 12 rings (SSSR count). The first-order valence-corrected chi connectivity index (χ1v) is 30.9. The molecule has 6 aromatic carbocycles. The maximum atomic E-state index is 13.6. The average Bonchev–Trinajstić information content (AvgIpc) is 0.793. The first-order chi connectivity index (χ1) is 45.9. The van der Waals surface area contributed by atoms with Crippen molar-refractivity contribution in [1.29, 1.82) is 0 Å². The van der Waals surface area contributed by atoms with Gasteiger partial charge in [-0.2, -0.15) is 0 Å². The van der Waals surface area contributed by atoms with Crippen LogP contribution in [0.1, 0.15) is 86.8 Å². The Labute approximate surface area is 550 Å². The number of carbonyl (C=O) groups excluding carboxylic acids is 3. The number of hydrogen-bond donors (Lipinski definition) is 0. The Morgan fingerprint density at radius 2 is 0.604 bits per heavy atom. The highest BCUT2D eigenvalue weighted by molar-refractivity contribution is 6.00. The van der Waals surface area contributed by atoms with Crippen molar-refractivity contribution in [3.05, 3.63) is 178 Å². The van der Waals surface area contributed by atoms with Gasteiger partial charge in [-0.1, -0.05) is 0 Å². The summed E-state index contributed by atoms with van der Waals surface area (Å²) in [6.07, 6.45) is 3.08. The fraction of sp³-hybridized carbons (Fsp3) is 0.348. The summed E-state index contributed by atoms with van der Waals surface area (Å²) < 4.78 is 116. The first-order valence-electron chi connectivity index (χ1n) is 30.9. The zero-order valence-electron chi connectivity index (χ0n) is 54.4. The Kier molecular flexibility index (Phi) is 22.0. The second kappa shape index (κ2) is 30.6. The van der Waals surface area contributed by atoms with E-state index < -0.39 is 53.2 Å². The number of aromatic nitrogens is 6. The van der Waals surface area contributed by atoms with Crippen LogP contribution in [0, 0.1) is 34.9 Å². The number of halogens is 6. The van der Waals surface area contributed by atoms with Gasteiger partial charge in [0.2, 0.25) is 0 Å². The lowest BCUT2D eigenvalue weighted by Crippen LogP contribution is -2.36. The van der Waals surface area contributed by atoms with Crippen LogP contribution in [0.2, 0.25) is 0 Å². The lowest BCUT2D eigenvalue weighted by molar-refractivity contribution is 0.0820. The lowest BCUT2D eigenvalue weighted by Gasteiger charge is -2.28. The van der Waals surface area contributed by atoms with Gasteiger partial charge < -0.3 is 57.8 Å². The van der Waals surface area contributed by atoms with E-state index in [2.05, 4.69) is 29.7 Å². The number of anilines is 3. The van der Waals surface area contributed by atoms with Crippen LogP contribution in [0.15, 0.2) is 110 Å². The Hall–Kier alpha value is -9.99. The smallest absolute Gasteiger partial charge is 0.253 e. The van der Waals surface area contributed by atoms with Gasteiger partial charge in [-0.05, 0) is 57.2 Å². The molecule has 0 spiro atoms. The quantitative estimate of drug-likeness (QED) is 0.0876. The van der Waals surface area contributed by atoms with Crippen molar-refractivity contribution in [2.45, 2.75) is 39.1 Å². The summed E-state index contributed by atoms with van der Waals surface area (Å²) in [6, 6.07) is 19.2. The Morgan fingerprint density at radius 1 is 0.375 bits per heavy atom. The molecule has 0 bridgehead atoms. The molecule has 504 valence electrons. The van der Waals surface area contributed by atoms with Crippen molar-refractivity contribution in [3.8, 4) is 17.2 Å². The van der Waals surface area contributed by atoms with Gasteiger partial charge in [0.15, 0.2) is 0 Å². The van der Waals surface area contributed by atoms with Gasteiger partial charge in [-0.25, -0.2) is 41.3 Å². The Bertz CT molecular complexity index is 3820. The van der Waals surface area contributed by atoms with Crippen molar-refractivity contribution < 1.29 is 69.1 Å². The molecule has 3 fully saturated rings. The predicted octanol–water partition coefficient (Wildman–Crippen LogP) is 10.8. The Morgan fingerprint density at radius 3 is 0.823 bits per heavy atom. The summed E-state index contributed by atoms with van der Waals surface area (Å²) in [5.74, 6) is -2.78. The molecule has 0 saturated carbocycles. The van der Waals surface area contributed by atoms with Crippen LogP contribution in [0.25, 0.3) is 33.1 Å². The molecule has 0 N–H and O–H groups in total. The van der Waals surface area contributed by atoms with Gasteiger partial charge in [-0.15, -0.1) is 0 Å². The number of hydrogen-bond acceptors (Lipinski definition) is 18. The van der Waals surface area contributed by atoms with Crippen molar-refractivity contribution in [3.63, 3.8) is 0 Å². The van der Waals surface area contributed by atoms with Gasteiger partial charge in [0, 0.05) is 170 Å². The fourth-order valence-corrected chi connectivity index (χ4v) is 10.9. The summed E-state index contributed by atoms with van der Waals surface area (Å²) in [6.45, 7) is 13.0. The third-order valence-corrected chi connectivity index (χ3v) is 15.7. The zero-order chi connectivity index (χ0) is 68.5. The average molecular weight is 1330 g/mol. The van der Waals surface area contributed by atoms with E-state index in [1.54, 1.807) is 118 Å². The van der Waals surface area contributed by atoms with Crippen LogP contribution in [0.3, 0.4) is 0 Å². The second-order valence-corrected chi connectivity index (χ2v) is 23.5. The fourth-order valence-electron chi connectivity index (χ4n) is 10.9. The number of nitrogens with zero attached hydrogens (tertiary/aromatic N) is 12.